The Morgan fingerprint density at radius 1 is 0.917 bits per heavy atom. The lowest BCUT2D eigenvalue weighted by Gasteiger charge is -2.23. The summed E-state index contributed by atoms with van der Waals surface area (Å²) in [5.41, 5.74) is 2.30. The third-order valence-electron chi connectivity index (χ3n) is 3.88. The molecule has 0 bridgehead atoms. The first-order valence-corrected chi connectivity index (χ1v) is 8.29. The van der Waals surface area contributed by atoms with Gasteiger partial charge in [-0.1, -0.05) is 60.7 Å². The molecule has 0 aromatic heterocycles. The first-order valence-electron chi connectivity index (χ1n) is 8.29. The highest BCUT2D eigenvalue weighted by atomic mass is 16.8. The third-order valence-corrected chi connectivity index (χ3v) is 3.88. The summed E-state index contributed by atoms with van der Waals surface area (Å²) in [6.07, 6.45) is -0.0564. The second kappa shape index (κ2) is 8.40. The zero-order chi connectivity index (χ0) is 16.7. The fourth-order valence-corrected chi connectivity index (χ4v) is 2.66. The van der Waals surface area contributed by atoms with Gasteiger partial charge in [0.05, 0.1) is 26.4 Å². The highest BCUT2D eigenvalue weighted by molar-refractivity contribution is 5.14. The quantitative estimate of drug-likeness (QED) is 0.742. The van der Waals surface area contributed by atoms with Crippen molar-refractivity contribution in [1.29, 1.82) is 0 Å². The zero-order valence-corrected chi connectivity index (χ0v) is 14.0. The fourth-order valence-electron chi connectivity index (χ4n) is 2.66. The average Bonchev–Trinajstić information content (AvgIpc) is 2.98. The molecular formula is C20H24O4. The molecule has 1 aliphatic heterocycles. The van der Waals surface area contributed by atoms with Crippen LogP contribution in [0.5, 0.6) is 0 Å². The van der Waals surface area contributed by atoms with E-state index in [9.17, 15) is 0 Å². The molecule has 1 fully saturated rings. The Morgan fingerprint density at radius 3 is 2.12 bits per heavy atom. The van der Waals surface area contributed by atoms with Crippen molar-refractivity contribution in [2.45, 2.75) is 32.0 Å². The van der Waals surface area contributed by atoms with Gasteiger partial charge in [-0.25, -0.2) is 0 Å². The Kier molecular flexibility index (Phi) is 5.99. The number of hydrogen-bond acceptors (Lipinski definition) is 4. The molecule has 0 amide bonds. The minimum atomic E-state index is -0.699. The molecule has 0 radical (unpaired) electrons. The van der Waals surface area contributed by atoms with E-state index in [0.717, 1.165) is 11.1 Å². The van der Waals surface area contributed by atoms with E-state index >= 15 is 0 Å². The summed E-state index contributed by atoms with van der Waals surface area (Å²) in [6, 6.07) is 20.2. The van der Waals surface area contributed by atoms with Gasteiger partial charge in [0.25, 0.3) is 0 Å². The summed E-state index contributed by atoms with van der Waals surface area (Å²) < 4.78 is 23.2. The molecule has 1 heterocycles. The van der Waals surface area contributed by atoms with Crippen LogP contribution in [0.25, 0.3) is 0 Å². The van der Waals surface area contributed by atoms with Crippen molar-refractivity contribution >= 4 is 0 Å². The van der Waals surface area contributed by atoms with E-state index in [1.54, 1.807) is 0 Å². The standard InChI is InChI=1S/C20H24O4/c1-20(16-22-13-18-10-6-3-7-11-18)23-15-19(24-20)14-21-12-17-8-4-2-5-9-17/h2-11,19H,12-16H2,1H3. The van der Waals surface area contributed by atoms with E-state index in [2.05, 4.69) is 0 Å². The van der Waals surface area contributed by atoms with E-state index in [1.807, 2.05) is 67.6 Å². The maximum atomic E-state index is 5.95. The molecule has 2 atom stereocenters. The van der Waals surface area contributed by atoms with Crippen LogP contribution in [0.3, 0.4) is 0 Å². The summed E-state index contributed by atoms with van der Waals surface area (Å²) in [5, 5.41) is 0. The number of hydrogen-bond donors (Lipinski definition) is 0. The zero-order valence-electron chi connectivity index (χ0n) is 14.0. The van der Waals surface area contributed by atoms with Crippen LogP contribution in [0, 0.1) is 0 Å². The molecule has 2 aromatic rings. The van der Waals surface area contributed by atoms with Gasteiger partial charge in [-0.2, -0.15) is 0 Å². The van der Waals surface area contributed by atoms with Crippen molar-refractivity contribution < 1.29 is 18.9 Å². The van der Waals surface area contributed by atoms with Crippen LogP contribution < -0.4 is 0 Å². The fraction of sp³-hybridized carbons (Fsp3) is 0.400. The third kappa shape index (κ3) is 5.14. The molecule has 0 N–H and O–H groups in total. The molecule has 4 heteroatoms. The Bertz CT molecular complexity index is 602. The highest BCUT2D eigenvalue weighted by Gasteiger charge is 2.37. The molecule has 1 saturated heterocycles. The van der Waals surface area contributed by atoms with Crippen LogP contribution in [-0.4, -0.2) is 31.7 Å². The Labute approximate surface area is 143 Å². The monoisotopic (exact) mass is 328 g/mol. The molecule has 2 aromatic carbocycles. The summed E-state index contributed by atoms with van der Waals surface area (Å²) in [4.78, 5) is 0. The SMILES string of the molecule is CC1(COCc2ccccc2)OCC(COCc2ccccc2)O1. The van der Waals surface area contributed by atoms with Crippen molar-refractivity contribution in [3.05, 3.63) is 71.8 Å². The minimum absolute atomic E-state index is 0.0564. The predicted octanol–water partition coefficient (Wildman–Crippen LogP) is 3.55. The first kappa shape index (κ1) is 17.1. The molecule has 0 saturated carbocycles. The summed E-state index contributed by atoms with van der Waals surface area (Å²) in [7, 11) is 0. The van der Waals surface area contributed by atoms with Crippen molar-refractivity contribution in [3.63, 3.8) is 0 Å². The van der Waals surface area contributed by atoms with E-state index in [1.165, 1.54) is 0 Å². The first-order chi connectivity index (χ1) is 11.7. The van der Waals surface area contributed by atoms with Crippen molar-refractivity contribution in [3.8, 4) is 0 Å². The van der Waals surface area contributed by atoms with E-state index < -0.39 is 5.79 Å². The maximum Gasteiger partial charge on any atom is 0.189 e. The van der Waals surface area contributed by atoms with E-state index in [-0.39, 0.29) is 6.10 Å². The van der Waals surface area contributed by atoms with Gasteiger partial charge >= 0.3 is 0 Å². The summed E-state index contributed by atoms with van der Waals surface area (Å²) >= 11 is 0. The van der Waals surface area contributed by atoms with Crippen LogP contribution in [0.15, 0.2) is 60.7 Å². The topological polar surface area (TPSA) is 36.9 Å². The lowest BCUT2D eigenvalue weighted by Crippen LogP contribution is -2.33. The van der Waals surface area contributed by atoms with Crippen molar-refractivity contribution in [1.82, 2.24) is 0 Å². The molecular weight excluding hydrogens is 304 g/mol. The average molecular weight is 328 g/mol. The van der Waals surface area contributed by atoms with Gasteiger partial charge in [0.15, 0.2) is 5.79 Å². The van der Waals surface area contributed by atoms with E-state index in [4.69, 9.17) is 18.9 Å². The van der Waals surface area contributed by atoms with Crippen LogP contribution in [0.2, 0.25) is 0 Å². The van der Waals surface area contributed by atoms with Crippen LogP contribution in [0.4, 0.5) is 0 Å². The normalized spacial score (nSPS) is 23.5. The second-order valence-corrected chi connectivity index (χ2v) is 6.16. The molecule has 1 aliphatic rings. The molecule has 4 nitrogen and oxygen atoms in total. The smallest absolute Gasteiger partial charge is 0.189 e. The van der Waals surface area contributed by atoms with Gasteiger partial charge in [0.1, 0.15) is 12.7 Å². The van der Waals surface area contributed by atoms with Gasteiger partial charge in [-0.15, -0.1) is 0 Å². The van der Waals surface area contributed by atoms with Crippen molar-refractivity contribution in [2.24, 2.45) is 0 Å². The number of benzene rings is 2. The predicted molar refractivity (Wildman–Crippen MR) is 91.4 cm³/mol. The highest BCUT2D eigenvalue weighted by Crippen LogP contribution is 2.24. The maximum absolute atomic E-state index is 5.95. The molecule has 0 spiro atoms. The molecule has 2 unspecified atom stereocenters. The lowest BCUT2D eigenvalue weighted by molar-refractivity contribution is -0.195. The Hall–Kier alpha value is -1.72. The molecule has 0 aliphatic carbocycles. The van der Waals surface area contributed by atoms with Crippen molar-refractivity contribution in [2.75, 3.05) is 19.8 Å². The molecule has 3 rings (SSSR count). The van der Waals surface area contributed by atoms with Crippen LogP contribution >= 0.6 is 0 Å². The van der Waals surface area contributed by atoms with E-state index in [0.29, 0.717) is 33.0 Å². The molecule has 128 valence electrons. The summed E-state index contributed by atoms with van der Waals surface area (Å²) in [5.74, 6) is -0.699. The van der Waals surface area contributed by atoms with Gasteiger partial charge in [-0.3, -0.25) is 0 Å². The second-order valence-electron chi connectivity index (χ2n) is 6.16. The van der Waals surface area contributed by atoms with Gasteiger partial charge in [0, 0.05) is 0 Å². The number of ether oxygens (including phenoxy) is 4. The largest absolute Gasteiger partial charge is 0.374 e. The lowest BCUT2D eigenvalue weighted by atomic mass is 10.2. The van der Waals surface area contributed by atoms with Gasteiger partial charge < -0.3 is 18.9 Å². The van der Waals surface area contributed by atoms with Crippen LogP contribution in [-0.2, 0) is 32.2 Å². The molecule has 24 heavy (non-hydrogen) atoms. The number of rotatable bonds is 8. The summed E-state index contributed by atoms with van der Waals surface area (Å²) in [6.45, 7) is 4.50. The van der Waals surface area contributed by atoms with Gasteiger partial charge in [-0.05, 0) is 18.1 Å². The Balaban J connectivity index is 1.36. The van der Waals surface area contributed by atoms with Crippen LogP contribution in [0.1, 0.15) is 18.1 Å². The Morgan fingerprint density at radius 2 is 1.50 bits per heavy atom. The minimum Gasteiger partial charge on any atom is -0.374 e. The van der Waals surface area contributed by atoms with Gasteiger partial charge in [0.2, 0.25) is 0 Å².